The lowest BCUT2D eigenvalue weighted by molar-refractivity contribution is 0.0597. The maximum Gasteiger partial charge on any atom is 0.343 e. The summed E-state index contributed by atoms with van der Waals surface area (Å²) in [5, 5.41) is 0. The van der Waals surface area contributed by atoms with Crippen LogP contribution in [0.5, 0.6) is 11.6 Å². The topological polar surface area (TPSA) is 74.4 Å². The number of halogens is 2. The van der Waals surface area contributed by atoms with Crippen molar-refractivity contribution in [3.8, 4) is 11.6 Å². The van der Waals surface area contributed by atoms with Gasteiger partial charge in [0.1, 0.15) is 17.1 Å². The second-order valence-corrected chi connectivity index (χ2v) is 4.65. The van der Waals surface area contributed by atoms with Crippen molar-refractivity contribution in [1.82, 2.24) is 4.98 Å². The van der Waals surface area contributed by atoms with Crippen LogP contribution in [0.3, 0.4) is 0 Å². The van der Waals surface area contributed by atoms with E-state index in [1.807, 2.05) is 0 Å². The highest BCUT2D eigenvalue weighted by Crippen LogP contribution is 2.27. The first-order chi connectivity index (χ1) is 9.51. The Kier molecular flexibility index (Phi) is 4.19. The fourth-order valence-corrected chi connectivity index (χ4v) is 1.70. The number of nitrogens with two attached hydrogens (primary N) is 1. The zero-order valence-corrected chi connectivity index (χ0v) is 12.0. The summed E-state index contributed by atoms with van der Waals surface area (Å²) in [5.74, 6) is -0.934. The standard InChI is InChI=1S/C13H10BrFN2O3/c1-19-13(18)9-4-7(16)6-17-12(9)20-8-2-3-10(14)11(15)5-8/h2-6H,16H2,1H3. The molecule has 0 aliphatic heterocycles. The van der Waals surface area contributed by atoms with E-state index in [-0.39, 0.29) is 17.2 Å². The number of ether oxygens (including phenoxy) is 2. The minimum atomic E-state index is -0.641. The lowest BCUT2D eigenvalue weighted by Crippen LogP contribution is -2.06. The van der Waals surface area contributed by atoms with E-state index in [0.29, 0.717) is 10.2 Å². The van der Waals surface area contributed by atoms with Crippen LogP contribution in [0, 0.1) is 5.82 Å². The van der Waals surface area contributed by atoms with Crippen molar-refractivity contribution in [2.24, 2.45) is 0 Å². The average molecular weight is 341 g/mol. The summed E-state index contributed by atoms with van der Waals surface area (Å²) in [6.45, 7) is 0. The van der Waals surface area contributed by atoms with Crippen molar-refractivity contribution in [1.29, 1.82) is 0 Å². The molecule has 2 aromatic rings. The number of benzene rings is 1. The second kappa shape index (κ2) is 5.87. The molecule has 1 aromatic heterocycles. The predicted octanol–water partition coefficient (Wildman–Crippen LogP) is 3.14. The normalized spacial score (nSPS) is 10.2. The number of esters is 1. The van der Waals surface area contributed by atoms with Gasteiger partial charge in [0.15, 0.2) is 0 Å². The zero-order valence-electron chi connectivity index (χ0n) is 10.4. The van der Waals surface area contributed by atoms with Crippen molar-refractivity contribution < 1.29 is 18.7 Å². The van der Waals surface area contributed by atoms with Gasteiger partial charge in [-0.3, -0.25) is 0 Å². The van der Waals surface area contributed by atoms with Gasteiger partial charge in [-0.05, 0) is 34.1 Å². The molecule has 0 aliphatic rings. The van der Waals surface area contributed by atoms with Crippen LogP contribution in [-0.4, -0.2) is 18.1 Å². The Morgan fingerprint density at radius 3 is 2.80 bits per heavy atom. The molecule has 0 aliphatic carbocycles. The van der Waals surface area contributed by atoms with E-state index < -0.39 is 11.8 Å². The van der Waals surface area contributed by atoms with Crippen LogP contribution in [0.2, 0.25) is 0 Å². The third-order valence-electron chi connectivity index (χ3n) is 2.38. The van der Waals surface area contributed by atoms with Gasteiger partial charge >= 0.3 is 5.97 Å². The predicted molar refractivity (Wildman–Crippen MR) is 74.2 cm³/mol. The summed E-state index contributed by atoms with van der Waals surface area (Å²) in [5.41, 5.74) is 5.92. The summed E-state index contributed by atoms with van der Waals surface area (Å²) in [4.78, 5) is 15.5. The Hall–Kier alpha value is -2.15. The smallest absolute Gasteiger partial charge is 0.343 e. The van der Waals surface area contributed by atoms with Crippen LogP contribution in [0.1, 0.15) is 10.4 Å². The molecule has 2 N–H and O–H groups in total. The van der Waals surface area contributed by atoms with Crippen LogP contribution in [-0.2, 0) is 4.74 Å². The number of hydrogen-bond acceptors (Lipinski definition) is 5. The van der Waals surface area contributed by atoms with Crippen LogP contribution < -0.4 is 10.5 Å². The number of nitrogens with zero attached hydrogens (tertiary/aromatic N) is 1. The van der Waals surface area contributed by atoms with Gasteiger partial charge in [0.25, 0.3) is 0 Å². The van der Waals surface area contributed by atoms with Crippen LogP contribution >= 0.6 is 15.9 Å². The van der Waals surface area contributed by atoms with Crippen molar-refractivity contribution >= 4 is 27.6 Å². The third-order valence-corrected chi connectivity index (χ3v) is 3.03. The number of nitrogen functional groups attached to an aromatic ring is 1. The maximum atomic E-state index is 13.4. The first kappa shape index (κ1) is 14.3. The van der Waals surface area contributed by atoms with E-state index in [1.165, 1.54) is 37.6 Å². The van der Waals surface area contributed by atoms with E-state index in [2.05, 4.69) is 25.7 Å². The quantitative estimate of drug-likeness (QED) is 0.868. The lowest BCUT2D eigenvalue weighted by Gasteiger charge is -2.09. The van der Waals surface area contributed by atoms with Gasteiger partial charge < -0.3 is 15.2 Å². The number of anilines is 1. The monoisotopic (exact) mass is 340 g/mol. The molecule has 0 spiro atoms. The first-order valence-corrected chi connectivity index (χ1v) is 6.27. The Morgan fingerprint density at radius 2 is 2.15 bits per heavy atom. The molecular formula is C13H10BrFN2O3. The highest BCUT2D eigenvalue weighted by atomic mass is 79.9. The maximum absolute atomic E-state index is 13.4. The molecule has 104 valence electrons. The first-order valence-electron chi connectivity index (χ1n) is 5.48. The number of hydrogen-bond donors (Lipinski definition) is 1. The number of methoxy groups -OCH3 is 1. The molecule has 1 aromatic carbocycles. The van der Waals surface area contributed by atoms with Gasteiger partial charge in [-0.1, -0.05) is 0 Å². The van der Waals surface area contributed by atoms with Gasteiger partial charge in [0.05, 0.1) is 23.5 Å². The number of carbonyl (C=O) groups is 1. The van der Waals surface area contributed by atoms with Crippen molar-refractivity contribution in [3.63, 3.8) is 0 Å². The average Bonchev–Trinajstić information content (AvgIpc) is 2.44. The SMILES string of the molecule is COC(=O)c1cc(N)cnc1Oc1ccc(Br)c(F)c1. The fourth-order valence-electron chi connectivity index (χ4n) is 1.46. The van der Waals surface area contributed by atoms with E-state index in [1.54, 1.807) is 0 Å². The Morgan fingerprint density at radius 1 is 1.40 bits per heavy atom. The molecule has 7 heteroatoms. The molecule has 0 unspecified atom stereocenters. The van der Waals surface area contributed by atoms with Gasteiger partial charge in [0, 0.05) is 6.07 Å². The van der Waals surface area contributed by atoms with Crippen LogP contribution in [0.4, 0.5) is 10.1 Å². The largest absolute Gasteiger partial charge is 0.465 e. The number of aromatic nitrogens is 1. The molecule has 0 amide bonds. The highest BCUT2D eigenvalue weighted by molar-refractivity contribution is 9.10. The van der Waals surface area contributed by atoms with Gasteiger partial charge in [-0.15, -0.1) is 0 Å². The number of carbonyl (C=O) groups excluding carboxylic acids is 1. The van der Waals surface area contributed by atoms with Crippen molar-refractivity contribution in [2.45, 2.75) is 0 Å². The molecule has 0 fully saturated rings. The molecule has 0 radical (unpaired) electrons. The van der Waals surface area contributed by atoms with Crippen LogP contribution in [0.25, 0.3) is 0 Å². The van der Waals surface area contributed by atoms with Crippen molar-refractivity contribution in [2.75, 3.05) is 12.8 Å². The highest BCUT2D eigenvalue weighted by Gasteiger charge is 2.16. The lowest BCUT2D eigenvalue weighted by atomic mass is 10.2. The molecular weight excluding hydrogens is 331 g/mol. The van der Waals surface area contributed by atoms with E-state index in [9.17, 15) is 9.18 Å². The summed E-state index contributed by atoms with van der Waals surface area (Å²) in [6, 6.07) is 5.57. The summed E-state index contributed by atoms with van der Waals surface area (Å²) in [7, 11) is 1.23. The third kappa shape index (κ3) is 3.05. The molecule has 0 saturated carbocycles. The molecule has 5 nitrogen and oxygen atoms in total. The van der Waals surface area contributed by atoms with Gasteiger partial charge in [-0.25, -0.2) is 14.2 Å². The fraction of sp³-hybridized carbons (Fsp3) is 0.0769. The molecule has 0 saturated heterocycles. The van der Waals surface area contributed by atoms with E-state index in [0.717, 1.165) is 0 Å². The summed E-state index contributed by atoms with van der Waals surface area (Å²) < 4.78 is 23.7. The van der Waals surface area contributed by atoms with Gasteiger partial charge in [0.2, 0.25) is 5.88 Å². The molecule has 0 bridgehead atoms. The van der Waals surface area contributed by atoms with E-state index >= 15 is 0 Å². The summed E-state index contributed by atoms with van der Waals surface area (Å²) in [6.07, 6.45) is 1.33. The minimum absolute atomic E-state index is 0.00669. The van der Waals surface area contributed by atoms with Crippen LogP contribution in [0.15, 0.2) is 34.9 Å². The molecule has 0 atom stereocenters. The molecule has 1 heterocycles. The van der Waals surface area contributed by atoms with Crippen molar-refractivity contribution in [3.05, 3.63) is 46.3 Å². The number of pyridine rings is 1. The van der Waals surface area contributed by atoms with Gasteiger partial charge in [-0.2, -0.15) is 0 Å². The Balaban J connectivity index is 2.37. The number of rotatable bonds is 3. The Bertz CT molecular complexity index is 664. The minimum Gasteiger partial charge on any atom is -0.465 e. The zero-order chi connectivity index (χ0) is 14.7. The summed E-state index contributed by atoms with van der Waals surface area (Å²) >= 11 is 3.04. The Labute approximate surface area is 122 Å². The second-order valence-electron chi connectivity index (χ2n) is 3.79. The molecule has 20 heavy (non-hydrogen) atoms. The molecule has 2 rings (SSSR count). The van der Waals surface area contributed by atoms with E-state index in [4.69, 9.17) is 10.5 Å².